The van der Waals surface area contributed by atoms with E-state index in [4.69, 9.17) is 9.47 Å². The third-order valence-electron chi connectivity index (χ3n) is 3.83. The van der Waals surface area contributed by atoms with Crippen molar-refractivity contribution in [2.45, 2.75) is 20.3 Å². The number of morpholine rings is 1. The van der Waals surface area contributed by atoms with Crippen LogP contribution in [0.1, 0.15) is 17.5 Å². The molecule has 1 fully saturated rings. The van der Waals surface area contributed by atoms with Gasteiger partial charge in [-0.15, -0.1) is 0 Å². The number of benzene rings is 1. The Morgan fingerprint density at radius 3 is 2.78 bits per heavy atom. The van der Waals surface area contributed by atoms with Crippen molar-refractivity contribution in [3.63, 3.8) is 0 Å². The molecule has 0 aromatic heterocycles. The summed E-state index contributed by atoms with van der Waals surface area (Å²) >= 11 is 0. The Labute approximate surface area is 138 Å². The number of urea groups is 1. The summed E-state index contributed by atoms with van der Waals surface area (Å²) in [4.78, 5) is 14.0. The van der Waals surface area contributed by atoms with Crippen LogP contribution in [0.5, 0.6) is 5.75 Å². The van der Waals surface area contributed by atoms with Crippen LogP contribution in [0.4, 0.5) is 4.79 Å². The van der Waals surface area contributed by atoms with Gasteiger partial charge in [0.15, 0.2) is 6.73 Å². The maximum atomic E-state index is 11.7. The summed E-state index contributed by atoms with van der Waals surface area (Å²) in [5.74, 6) is 0.795. The van der Waals surface area contributed by atoms with Crippen molar-refractivity contribution in [1.82, 2.24) is 15.5 Å². The summed E-state index contributed by atoms with van der Waals surface area (Å²) in [5, 5.41) is 5.55. The van der Waals surface area contributed by atoms with Crippen LogP contribution in [0.15, 0.2) is 18.2 Å². The molecule has 0 bridgehead atoms. The van der Waals surface area contributed by atoms with Crippen LogP contribution in [0, 0.1) is 13.8 Å². The molecule has 2 amide bonds. The molecule has 6 heteroatoms. The Morgan fingerprint density at radius 1 is 1.26 bits per heavy atom. The molecular formula is C17H27N3O3. The zero-order valence-corrected chi connectivity index (χ0v) is 14.1. The molecule has 1 saturated heterocycles. The normalized spacial score (nSPS) is 15.2. The van der Waals surface area contributed by atoms with Gasteiger partial charge in [-0.25, -0.2) is 4.79 Å². The summed E-state index contributed by atoms with van der Waals surface area (Å²) in [5.41, 5.74) is 2.26. The van der Waals surface area contributed by atoms with Gasteiger partial charge >= 0.3 is 6.03 Å². The summed E-state index contributed by atoms with van der Waals surface area (Å²) < 4.78 is 10.9. The minimum atomic E-state index is -0.197. The lowest BCUT2D eigenvalue weighted by atomic mass is 10.1. The van der Waals surface area contributed by atoms with E-state index in [1.807, 2.05) is 26.0 Å². The Balaban J connectivity index is 1.54. The average molecular weight is 321 g/mol. The quantitative estimate of drug-likeness (QED) is 0.592. The van der Waals surface area contributed by atoms with Gasteiger partial charge in [-0.3, -0.25) is 4.90 Å². The number of carbonyl (C=O) groups excluding carboxylic acids is 1. The lowest BCUT2D eigenvalue weighted by Gasteiger charge is -2.26. The van der Waals surface area contributed by atoms with Gasteiger partial charge in [0.25, 0.3) is 0 Å². The number of amides is 2. The molecule has 1 aromatic rings. The van der Waals surface area contributed by atoms with Gasteiger partial charge in [0, 0.05) is 19.6 Å². The van der Waals surface area contributed by atoms with E-state index >= 15 is 0 Å². The average Bonchev–Trinajstić information content (AvgIpc) is 2.55. The molecule has 0 atom stereocenters. The zero-order chi connectivity index (χ0) is 16.5. The number of rotatable bonds is 7. The Hall–Kier alpha value is -1.79. The third-order valence-corrected chi connectivity index (χ3v) is 3.83. The van der Waals surface area contributed by atoms with E-state index < -0.39 is 0 Å². The predicted octanol–water partition coefficient (Wildman–Crippen LogP) is 1.66. The first-order valence-electron chi connectivity index (χ1n) is 8.17. The first-order chi connectivity index (χ1) is 11.1. The van der Waals surface area contributed by atoms with Gasteiger partial charge in [-0.1, -0.05) is 17.7 Å². The SMILES string of the molecule is Cc1ccc(OCNC(=O)NCCCN2CCOCC2)c(C)c1. The van der Waals surface area contributed by atoms with Crippen molar-refractivity contribution < 1.29 is 14.3 Å². The summed E-state index contributed by atoms with van der Waals surface area (Å²) in [7, 11) is 0. The molecule has 0 radical (unpaired) electrons. The van der Waals surface area contributed by atoms with E-state index in [0.717, 1.165) is 50.6 Å². The molecule has 0 spiro atoms. The van der Waals surface area contributed by atoms with Crippen LogP contribution in [-0.2, 0) is 4.74 Å². The first kappa shape index (κ1) is 17.6. The molecule has 6 nitrogen and oxygen atoms in total. The second-order valence-electron chi connectivity index (χ2n) is 5.80. The van der Waals surface area contributed by atoms with E-state index in [1.54, 1.807) is 0 Å². The molecule has 1 aliphatic heterocycles. The van der Waals surface area contributed by atoms with E-state index in [0.29, 0.717) is 6.54 Å². The number of hydrogen-bond acceptors (Lipinski definition) is 4. The number of nitrogens with zero attached hydrogens (tertiary/aromatic N) is 1. The first-order valence-corrected chi connectivity index (χ1v) is 8.17. The zero-order valence-electron chi connectivity index (χ0n) is 14.1. The number of carbonyl (C=O) groups is 1. The highest BCUT2D eigenvalue weighted by molar-refractivity contribution is 5.73. The minimum Gasteiger partial charge on any atom is -0.473 e. The third kappa shape index (κ3) is 6.46. The molecule has 128 valence electrons. The van der Waals surface area contributed by atoms with Crippen LogP contribution < -0.4 is 15.4 Å². The fourth-order valence-corrected chi connectivity index (χ4v) is 2.53. The maximum Gasteiger partial charge on any atom is 0.317 e. The fraction of sp³-hybridized carbons (Fsp3) is 0.588. The molecular weight excluding hydrogens is 294 g/mol. The van der Waals surface area contributed by atoms with Crippen LogP contribution in [-0.4, -0.2) is 57.1 Å². The summed E-state index contributed by atoms with van der Waals surface area (Å²) in [6.45, 7) is 9.43. The van der Waals surface area contributed by atoms with E-state index in [-0.39, 0.29) is 12.8 Å². The minimum absolute atomic E-state index is 0.166. The Kier molecular flexibility index (Phi) is 7.16. The molecule has 0 saturated carbocycles. The van der Waals surface area contributed by atoms with Crippen molar-refractivity contribution in [3.05, 3.63) is 29.3 Å². The maximum absolute atomic E-state index is 11.7. The molecule has 1 aliphatic rings. The summed E-state index contributed by atoms with van der Waals surface area (Å²) in [6.07, 6.45) is 0.936. The van der Waals surface area contributed by atoms with Gasteiger partial charge in [0.05, 0.1) is 13.2 Å². The smallest absolute Gasteiger partial charge is 0.317 e. The summed E-state index contributed by atoms with van der Waals surface area (Å²) in [6, 6.07) is 5.78. The Morgan fingerprint density at radius 2 is 2.04 bits per heavy atom. The van der Waals surface area contributed by atoms with Crippen molar-refractivity contribution in [3.8, 4) is 5.75 Å². The van der Waals surface area contributed by atoms with Crippen molar-refractivity contribution >= 4 is 6.03 Å². The standard InChI is InChI=1S/C17H27N3O3/c1-14-4-5-16(15(2)12-14)23-13-19-17(21)18-6-3-7-20-8-10-22-11-9-20/h4-5,12H,3,6-11,13H2,1-2H3,(H2,18,19,21). The van der Waals surface area contributed by atoms with Gasteiger partial charge in [-0.2, -0.15) is 0 Å². The Bertz CT molecular complexity index is 502. The molecule has 0 aliphatic carbocycles. The number of hydrogen-bond donors (Lipinski definition) is 2. The van der Waals surface area contributed by atoms with Crippen molar-refractivity contribution in [2.75, 3.05) is 46.1 Å². The van der Waals surface area contributed by atoms with Crippen molar-refractivity contribution in [1.29, 1.82) is 0 Å². The van der Waals surface area contributed by atoms with Gasteiger partial charge in [0.2, 0.25) is 0 Å². The fourth-order valence-electron chi connectivity index (χ4n) is 2.53. The monoisotopic (exact) mass is 321 g/mol. The lowest BCUT2D eigenvalue weighted by Crippen LogP contribution is -2.40. The van der Waals surface area contributed by atoms with Crippen LogP contribution >= 0.6 is 0 Å². The molecule has 0 unspecified atom stereocenters. The van der Waals surface area contributed by atoms with E-state index in [1.165, 1.54) is 5.56 Å². The van der Waals surface area contributed by atoms with E-state index in [9.17, 15) is 4.79 Å². The number of aryl methyl sites for hydroxylation is 2. The predicted molar refractivity (Wildman–Crippen MR) is 89.8 cm³/mol. The van der Waals surface area contributed by atoms with Crippen LogP contribution in [0.2, 0.25) is 0 Å². The topological polar surface area (TPSA) is 62.8 Å². The van der Waals surface area contributed by atoms with Gasteiger partial charge < -0.3 is 20.1 Å². The highest BCUT2D eigenvalue weighted by Gasteiger charge is 2.09. The largest absolute Gasteiger partial charge is 0.473 e. The second-order valence-corrected chi connectivity index (χ2v) is 5.80. The highest BCUT2D eigenvalue weighted by Crippen LogP contribution is 2.18. The lowest BCUT2D eigenvalue weighted by molar-refractivity contribution is 0.0375. The second kappa shape index (κ2) is 9.37. The van der Waals surface area contributed by atoms with Crippen molar-refractivity contribution in [2.24, 2.45) is 0 Å². The molecule has 23 heavy (non-hydrogen) atoms. The molecule has 1 aromatic carbocycles. The molecule has 1 heterocycles. The van der Waals surface area contributed by atoms with Crippen LogP contribution in [0.25, 0.3) is 0 Å². The highest BCUT2D eigenvalue weighted by atomic mass is 16.5. The van der Waals surface area contributed by atoms with Crippen LogP contribution in [0.3, 0.4) is 0 Å². The molecule has 2 N–H and O–H groups in total. The number of nitrogens with one attached hydrogen (secondary N) is 2. The van der Waals surface area contributed by atoms with Gasteiger partial charge in [-0.05, 0) is 38.4 Å². The van der Waals surface area contributed by atoms with Gasteiger partial charge in [0.1, 0.15) is 5.75 Å². The molecule has 2 rings (SSSR count). The van der Waals surface area contributed by atoms with E-state index in [2.05, 4.69) is 21.6 Å². The number of ether oxygens (including phenoxy) is 2.